The van der Waals surface area contributed by atoms with Gasteiger partial charge in [-0.15, -0.1) is 0 Å². The van der Waals surface area contributed by atoms with Crippen molar-refractivity contribution in [1.29, 1.82) is 0 Å². The first-order valence-electron chi connectivity index (χ1n) is 7.50. The molecule has 1 heterocycles. The third-order valence-electron chi connectivity index (χ3n) is 4.74. The van der Waals surface area contributed by atoms with Gasteiger partial charge in [0.1, 0.15) is 0 Å². The Hall–Kier alpha value is -2.62. The maximum atomic E-state index is 10.8. The van der Waals surface area contributed by atoms with Crippen molar-refractivity contribution in [2.45, 2.75) is 18.4 Å². The van der Waals surface area contributed by atoms with Crippen LogP contribution >= 0.6 is 0 Å². The first kappa shape index (κ1) is 13.1. The fourth-order valence-electron chi connectivity index (χ4n) is 3.68. The molecule has 0 saturated heterocycles. The fraction of sp³-hybridized carbons (Fsp3) is 0.222. The van der Waals surface area contributed by atoms with E-state index in [4.69, 9.17) is 0 Å². The third-order valence-corrected chi connectivity index (χ3v) is 4.74. The van der Waals surface area contributed by atoms with E-state index in [-0.39, 0.29) is 16.7 Å². The number of allylic oxidation sites excluding steroid dienone is 2. The van der Waals surface area contributed by atoms with Crippen LogP contribution in [0, 0.1) is 16.0 Å². The maximum absolute atomic E-state index is 10.8. The van der Waals surface area contributed by atoms with Gasteiger partial charge in [-0.3, -0.25) is 10.1 Å². The van der Waals surface area contributed by atoms with Crippen LogP contribution < -0.4 is 5.32 Å². The minimum atomic E-state index is -0.354. The number of benzene rings is 2. The number of rotatable bonds is 2. The van der Waals surface area contributed by atoms with Crippen LogP contribution in [0.3, 0.4) is 0 Å². The van der Waals surface area contributed by atoms with Gasteiger partial charge in [0.05, 0.1) is 11.0 Å². The molecular formula is C18H16N2O2. The molecule has 1 aliphatic heterocycles. The Balaban J connectivity index is 1.72. The van der Waals surface area contributed by atoms with E-state index in [1.807, 2.05) is 18.2 Å². The lowest BCUT2D eigenvalue weighted by atomic mass is 9.77. The highest BCUT2D eigenvalue weighted by Gasteiger charge is 2.37. The summed E-state index contributed by atoms with van der Waals surface area (Å²) in [5, 5.41) is 14.4. The molecule has 4 heteroatoms. The minimum Gasteiger partial charge on any atom is -0.378 e. The zero-order valence-electron chi connectivity index (χ0n) is 12.0. The van der Waals surface area contributed by atoms with Gasteiger partial charge in [-0.1, -0.05) is 42.5 Å². The second-order valence-electron chi connectivity index (χ2n) is 5.91. The zero-order valence-corrected chi connectivity index (χ0v) is 12.0. The zero-order chi connectivity index (χ0) is 15.1. The van der Waals surface area contributed by atoms with Crippen molar-refractivity contribution < 1.29 is 4.92 Å². The predicted octanol–water partition coefficient (Wildman–Crippen LogP) is 4.42. The van der Waals surface area contributed by atoms with E-state index in [0.717, 1.165) is 12.0 Å². The van der Waals surface area contributed by atoms with Crippen molar-refractivity contribution in [1.82, 2.24) is 0 Å². The molecule has 0 radical (unpaired) electrons. The van der Waals surface area contributed by atoms with E-state index < -0.39 is 0 Å². The smallest absolute Gasteiger partial charge is 0.269 e. The number of hydrogen-bond donors (Lipinski definition) is 1. The lowest BCUT2D eigenvalue weighted by Crippen LogP contribution is -2.28. The van der Waals surface area contributed by atoms with Gasteiger partial charge in [0.2, 0.25) is 0 Å². The van der Waals surface area contributed by atoms with Crippen molar-refractivity contribution in [3.05, 3.63) is 81.9 Å². The summed E-state index contributed by atoms with van der Waals surface area (Å²) in [4.78, 5) is 10.5. The van der Waals surface area contributed by atoms with E-state index >= 15 is 0 Å². The van der Waals surface area contributed by atoms with E-state index in [2.05, 4.69) is 35.7 Å². The number of anilines is 1. The molecule has 0 aromatic heterocycles. The molecule has 2 aliphatic rings. The topological polar surface area (TPSA) is 55.2 Å². The number of non-ortho nitro benzene ring substituents is 1. The molecule has 0 saturated carbocycles. The van der Waals surface area contributed by atoms with E-state index in [1.54, 1.807) is 12.1 Å². The normalized spacial score (nSPS) is 25.2. The number of nitro benzene ring substituents is 1. The molecule has 2 aromatic carbocycles. The first-order valence-corrected chi connectivity index (χ1v) is 7.50. The Kier molecular flexibility index (Phi) is 2.96. The minimum absolute atomic E-state index is 0.140. The van der Waals surface area contributed by atoms with Crippen molar-refractivity contribution in [2.75, 3.05) is 5.32 Å². The monoisotopic (exact) mass is 292 g/mol. The number of nitrogens with zero attached hydrogens (tertiary/aromatic N) is 1. The van der Waals surface area contributed by atoms with Crippen LogP contribution in [0.4, 0.5) is 11.4 Å². The van der Waals surface area contributed by atoms with Crippen molar-refractivity contribution >= 4 is 11.4 Å². The predicted molar refractivity (Wildman–Crippen MR) is 85.9 cm³/mol. The quantitative estimate of drug-likeness (QED) is 0.506. The van der Waals surface area contributed by atoms with Crippen LogP contribution in [0.15, 0.2) is 60.7 Å². The molecule has 110 valence electrons. The molecule has 0 spiro atoms. The molecule has 2 aromatic rings. The van der Waals surface area contributed by atoms with E-state index in [0.29, 0.717) is 11.8 Å². The molecule has 0 fully saturated rings. The number of nitro groups is 1. The van der Waals surface area contributed by atoms with Gasteiger partial charge in [-0.2, -0.15) is 0 Å². The molecule has 0 bridgehead atoms. The third kappa shape index (κ3) is 1.99. The number of nitrogens with one attached hydrogen (secondary N) is 1. The number of para-hydroxylation sites is 1. The Morgan fingerprint density at radius 3 is 2.64 bits per heavy atom. The number of hydrogen-bond acceptors (Lipinski definition) is 3. The Morgan fingerprint density at radius 2 is 1.86 bits per heavy atom. The van der Waals surface area contributed by atoms with Crippen LogP contribution in [0.5, 0.6) is 0 Å². The average Bonchev–Trinajstić information content (AvgIpc) is 3.04. The molecule has 1 N–H and O–H groups in total. The van der Waals surface area contributed by atoms with Crippen molar-refractivity contribution in [3.63, 3.8) is 0 Å². The SMILES string of the molecule is O=[N+]([O-])c1ccc([C@@H]2Nc3ccccc3[C@H]3C=CC[C@H]32)cc1. The summed E-state index contributed by atoms with van der Waals surface area (Å²) in [6.07, 6.45) is 5.58. The average molecular weight is 292 g/mol. The highest BCUT2D eigenvalue weighted by atomic mass is 16.6. The summed E-state index contributed by atoms with van der Waals surface area (Å²) < 4.78 is 0. The summed E-state index contributed by atoms with van der Waals surface area (Å²) in [5.74, 6) is 0.897. The van der Waals surface area contributed by atoms with Crippen LogP contribution in [0.2, 0.25) is 0 Å². The molecule has 0 unspecified atom stereocenters. The molecule has 1 aliphatic carbocycles. The van der Waals surface area contributed by atoms with E-state index in [1.165, 1.54) is 11.3 Å². The molecular weight excluding hydrogens is 276 g/mol. The fourth-order valence-corrected chi connectivity index (χ4v) is 3.68. The summed E-state index contributed by atoms with van der Waals surface area (Å²) in [5.41, 5.74) is 3.76. The van der Waals surface area contributed by atoms with Gasteiger partial charge >= 0.3 is 0 Å². The van der Waals surface area contributed by atoms with Gasteiger partial charge in [-0.05, 0) is 29.5 Å². The summed E-state index contributed by atoms with van der Waals surface area (Å²) >= 11 is 0. The van der Waals surface area contributed by atoms with Crippen molar-refractivity contribution in [3.8, 4) is 0 Å². The molecule has 4 nitrogen and oxygen atoms in total. The highest BCUT2D eigenvalue weighted by Crippen LogP contribution is 2.49. The number of fused-ring (bicyclic) bond motifs is 3. The first-order chi connectivity index (χ1) is 10.7. The van der Waals surface area contributed by atoms with E-state index in [9.17, 15) is 10.1 Å². The molecule has 0 amide bonds. The largest absolute Gasteiger partial charge is 0.378 e. The summed E-state index contributed by atoms with van der Waals surface area (Å²) in [7, 11) is 0. The summed E-state index contributed by atoms with van der Waals surface area (Å²) in [6, 6.07) is 15.5. The molecule has 3 atom stereocenters. The van der Waals surface area contributed by atoms with Crippen molar-refractivity contribution in [2.24, 2.45) is 5.92 Å². The van der Waals surface area contributed by atoms with Gasteiger partial charge < -0.3 is 5.32 Å². The standard InChI is InChI=1S/C18H16N2O2/c21-20(22)13-10-8-12(9-11-13)18-16-6-3-5-14(16)15-4-1-2-7-17(15)19-18/h1-5,7-11,14,16,18-19H,6H2/t14-,16-,18+/m1/s1. The lowest BCUT2D eigenvalue weighted by Gasteiger charge is -2.37. The van der Waals surface area contributed by atoms with Crippen LogP contribution in [0.1, 0.15) is 29.5 Å². The molecule has 22 heavy (non-hydrogen) atoms. The van der Waals surface area contributed by atoms with Gasteiger partial charge in [0.25, 0.3) is 5.69 Å². The van der Waals surface area contributed by atoms with Crippen LogP contribution in [0.25, 0.3) is 0 Å². The van der Waals surface area contributed by atoms with Crippen LogP contribution in [-0.2, 0) is 0 Å². The second kappa shape index (κ2) is 4.98. The maximum Gasteiger partial charge on any atom is 0.269 e. The Morgan fingerprint density at radius 1 is 1.09 bits per heavy atom. The van der Waals surface area contributed by atoms with Crippen LogP contribution in [-0.4, -0.2) is 4.92 Å². The molecule has 4 rings (SSSR count). The second-order valence-corrected chi connectivity index (χ2v) is 5.91. The van der Waals surface area contributed by atoms with Gasteiger partial charge in [0.15, 0.2) is 0 Å². The highest BCUT2D eigenvalue weighted by molar-refractivity contribution is 5.59. The summed E-state index contributed by atoms with van der Waals surface area (Å²) in [6.45, 7) is 0. The lowest BCUT2D eigenvalue weighted by molar-refractivity contribution is -0.384. The Labute approximate surface area is 128 Å². The van der Waals surface area contributed by atoms with Gasteiger partial charge in [0, 0.05) is 23.7 Å². The Bertz CT molecular complexity index is 752. The van der Waals surface area contributed by atoms with Gasteiger partial charge in [-0.25, -0.2) is 0 Å².